The van der Waals surface area contributed by atoms with E-state index in [1.54, 1.807) is 44.2 Å². The highest BCUT2D eigenvalue weighted by Crippen LogP contribution is 2.37. The zero-order valence-corrected chi connectivity index (χ0v) is 49.8. The second-order valence-corrected chi connectivity index (χ2v) is 20.7. The molecule has 422 valence electrons. The van der Waals surface area contributed by atoms with Gasteiger partial charge in [0.15, 0.2) is 6.61 Å². The van der Waals surface area contributed by atoms with Crippen molar-refractivity contribution in [2.24, 2.45) is 5.41 Å². The second-order valence-electron chi connectivity index (χ2n) is 18.7. The molecule has 5 N–H and O–H groups in total. The molecular formula is C60H62Cl5N5O10. The van der Waals surface area contributed by atoms with Crippen LogP contribution in [-0.2, 0) is 39.9 Å². The molecule has 7 rings (SSSR count). The van der Waals surface area contributed by atoms with Gasteiger partial charge in [0, 0.05) is 48.2 Å². The number of carbonyl (C=O) groups excluding carboxylic acids is 4. The van der Waals surface area contributed by atoms with Gasteiger partial charge in [-0.05, 0) is 152 Å². The average Bonchev–Trinajstić information content (AvgIpc) is 3.99. The minimum atomic E-state index is -1.19. The number of hydrogen-bond donors (Lipinski definition) is 5. The van der Waals surface area contributed by atoms with Crippen molar-refractivity contribution in [3.63, 3.8) is 0 Å². The number of esters is 2. The number of aromatic amines is 3. The predicted octanol–water partition coefficient (Wildman–Crippen LogP) is 13.8. The Bertz CT molecular complexity index is 3500. The largest absolute Gasteiger partial charge is 0.480 e. The summed E-state index contributed by atoms with van der Waals surface area (Å²) in [4.78, 5) is 69.6. The molecule has 80 heavy (non-hydrogen) atoms. The molecule has 0 aliphatic rings. The molecule has 0 saturated carbocycles. The van der Waals surface area contributed by atoms with Gasteiger partial charge in [0.2, 0.25) is 5.88 Å². The van der Waals surface area contributed by atoms with Crippen molar-refractivity contribution in [3.8, 4) is 40.0 Å². The first kappa shape index (κ1) is 65.2. The molecule has 20 heteroatoms. The first-order valence-corrected chi connectivity index (χ1v) is 26.7. The van der Waals surface area contributed by atoms with Gasteiger partial charge in [-0.25, -0.2) is 0 Å². The second kappa shape index (κ2) is 30.3. The molecule has 0 spiro atoms. The quantitative estimate of drug-likeness (QED) is 0.0391. The van der Waals surface area contributed by atoms with E-state index in [4.69, 9.17) is 77.3 Å². The zero-order valence-electron chi connectivity index (χ0n) is 46.0. The fourth-order valence-electron chi connectivity index (χ4n) is 7.31. The van der Waals surface area contributed by atoms with E-state index >= 15 is 0 Å². The number of hydrogen-bond acceptors (Lipinski definition) is 10. The van der Waals surface area contributed by atoms with E-state index in [0.29, 0.717) is 54.6 Å². The maximum atomic E-state index is 12.5. The van der Waals surface area contributed by atoms with Gasteiger partial charge in [-0.15, -0.1) is 5.10 Å². The molecule has 0 bridgehead atoms. The van der Waals surface area contributed by atoms with E-state index in [0.717, 1.165) is 50.3 Å². The number of ketones is 1. The maximum Gasteiger partial charge on any atom is 0.321 e. The molecule has 2 aromatic heterocycles. The SMILES string of the molecule is CCOC(=O)C(C(C)=O)c1ccc(C)cc1Cl.CCOC(=O)Cc1ccc(C)cc1Cl.Cc1ccc(-c2c(C)[nH][nH]c2=O)c(Cl)c1.Cc1ccc(-c2c(OCC(=O)Nc3ccc(C#CC(C)(C)C(=O)O)cc3Cl)n[nH]c2C)c(Cl)c1. The maximum absolute atomic E-state index is 12.5. The molecule has 5 aromatic carbocycles. The minimum Gasteiger partial charge on any atom is -0.480 e. The van der Waals surface area contributed by atoms with Crippen LogP contribution in [0.3, 0.4) is 0 Å². The highest BCUT2D eigenvalue weighted by molar-refractivity contribution is 6.35. The van der Waals surface area contributed by atoms with Crippen molar-refractivity contribution in [1.82, 2.24) is 20.4 Å². The normalized spacial score (nSPS) is 10.9. The number of benzene rings is 5. The van der Waals surface area contributed by atoms with Crippen LogP contribution in [0.4, 0.5) is 5.69 Å². The lowest BCUT2D eigenvalue weighted by molar-refractivity contribution is -0.148. The van der Waals surface area contributed by atoms with Crippen molar-refractivity contribution in [2.45, 2.75) is 88.5 Å². The number of aromatic nitrogens is 4. The summed E-state index contributed by atoms with van der Waals surface area (Å²) in [6.07, 6.45) is 0.243. The molecule has 1 amide bonds. The van der Waals surface area contributed by atoms with Crippen molar-refractivity contribution in [3.05, 3.63) is 177 Å². The summed E-state index contributed by atoms with van der Waals surface area (Å²) in [5.74, 6) is 2.31. The molecule has 0 aliphatic carbocycles. The van der Waals surface area contributed by atoms with Gasteiger partial charge in [0.25, 0.3) is 11.5 Å². The number of amides is 1. The van der Waals surface area contributed by atoms with E-state index in [2.05, 4.69) is 37.6 Å². The first-order chi connectivity index (χ1) is 37.7. The number of carboxylic acids is 1. The fourth-order valence-corrected chi connectivity index (χ4v) is 8.84. The third-order valence-electron chi connectivity index (χ3n) is 11.5. The summed E-state index contributed by atoms with van der Waals surface area (Å²) in [6.45, 7) is 19.7. The van der Waals surface area contributed by atoms with Crippen molar-refractivity contribution in [2.75, 3.05) is 25.1 Å². The van der Waals surface area contributed by atoms with Crippen LogP contribution in [0.25, 0.3) is 22.3 Å². The number of halogens is 5. The third-order valence-corrected chi connectivity index (χ3v) is 13.2. The topological polar surface area (TPSA) is 223 Å². The van der Waals surface area contributed by atoms with Gasteiger partial charge in [-0.1, -0.05) is 118 Å². The number of ether oxygens (including phenoxy) is 3. The van der Waals surface area contributed by atoms with E-state index in [9.17, 15) is 28.8 Å². The van der Waals surface area contributed by atoms with Gasteiger partial charge in [0.05, 0.1) is 41.5 Å². The van der Waals surface area contributed by atoms with E-state index < -0.39 is 29.2 Å². The smallest absolute Gasteiger partial charge is 0.321 e. The van der Waals surface area contributed by atoms with Crippen LogP contribution in [0.15, 0.2) is 95.8 Å². The number of carboxylic acid groups (broad SMARTS) is 1. The first-order valence-electron chi connectivity index (χ1n) is 24.8. The summed E-state index contributed by atoms with van der Waals surface area (Å²) in [6, 6.07) is 27.0. The molecule has 2 heterocycles. The zero-order chi connectivity index (χ0) is 59.6. The Hall–Kier alpha value is -7.32. The number of aryl methyl sites for hydroxylation is 6. The summed E-state index contributed by atoms with van der Waals surface area (Å²) in [5, 5.41) is 26.6. The number of rotatable bonds is 14. The number of Topliss-reactive ketones (excluding diaryl/α,β-unsaturated/α-hetero) is 1. The molecule has 15 nitrogen and oxygen atoms in total. The van der Waals surface area contributed by atoms with Gasteiger partial charge in [0.1, 0.15) is 17.1 Å². The number of nitrogens with one attached hydrogen (secondary N) is 4. The van der Waals surface area contributed by atoms with E-state index in [1.807, 2.05) is 102 Å². The number of H-pyrrole nitrogens is 3. The van der Waals surface area contributed by atoms with E-state index in [-0.39, 0.29) is 47.8 Å². The molecule has 7 aromatic rings. The van der Waals surface area contributed by atoms with Crippen LogP contribution < -0.4 is 15.6 Å². The number of aliphatic carboxylic acids is 1. The van der Waals surface area contributed by atoms with Crippen molar-refractivity contribution in [1.29, 1.82) is 0 Å². The molecule has 1 unspecified atom stereocenters. The molecule has 0 aliphatic heterocycles. The van der Waals surface area contributed by atoms with Crippen LogP contribution in [0.2, 0.25) is 25.1 Å². The Morgan fingerprint density at radius 1 is 0.675 bits per heavy atom. The lowest BCUT2D eigenvalue weighted by Crippen LogP contribution is -2.22. The van der Waals surface area contributed by atoms with Crippen molar-refractivity contribution >= 4 is 93.3 Å². The Kier molecular flexibility index (Phi) is 24.7. The summed E-state index contributed by atoms with van der Waals surface area (Å²) in [7, 11) is 0. The Morgan fingerprint density at radius 2 is 1.23 bits per heavy atom. The molecule has 0 saturated heterocycles. The molecule has 0 radical (unpaired) electrons. The molecule has 1 atom stereocenters. The van der Waals surface area contributed by atoms with E-state index in [1.165, 1.54) is 20.8 Å². The lowest BCUT2D eigenvalue weighted by atomic mass is 9.94. The Morgan fingerprint density at radius 3 is 1.73 bits per heavy atom. The van der Waals surface area contributed by atoms with Crippen LogP contribution in [0.5, 0.6) is 5.88 Å². The fraction of sp³-hybridized carbons (Fsp3) is 0.283. The van der Waals surface area contributed by atoms with Crippen LogP contribution in [0, 0.1) is 58.8 Å². The average molecular weight is 1190 g/mol. The minimum absolute atomic E-state index is 0.141. The summed E-state index contributed by atoms with van der Waals surface area (Å²) in [5.41, 5.74) is 9.42. The van der Waals surface area contributed by atoms with Crippen LogP contribution in [-0.4, -0.2) is 74.9 Å². The monoisotopic (exact) mass is 1190 g/mol. The lowest BCUT2D eigenvalue weighted by Gasteiger charge is -2.14. The van der Waals surface area contributed by atoms with Crippen molar-refractivity contribution < 1.29 is 43.3 Å². The van der Waals surface area contributed by atoms with Crippen LogP contribution >= 0.6 is 58.0 Å². The van der Waals surface area contributed by atoms with Gasteiger partial charge >= 0.3 is 17.9 Å². The Balaban J connectivity index is 0.000000251. The molecule has 0 fully saturated rings. The predicted molar refractivity (Wildman–Crippen MR) is 316 cm³/mol. The number of nitrogens with zero attached hydrogens (tertiary/aromatic N) is 1. The van der Waals surface area contributed by atoms with Crippen LogP contribution in [0.1, 0.15) is 90.9 Å². The standard InChI is InChI=1S/C25H23Cl2N3O4.C13H15ClO3.C11H11ClN2O.C11H13ClO2/c1-14-5-7-17(18(26)11-14)22-15(2)29-30-23(22)34-13-21(31)28-20-8-6-16(12-19(20)27)9-10-25(3,4)24(32)33;1-4-17-13(16)12(9(3)15)10-6-5-8(2)7-11(10)14;1-6-3-4-8(9(12)5-6)10-7(2)13-14-11(10)15;1-3-14-11(13)7-9-5-4-8(2)6-10(9)12/h5-8,11-12H,13H2,1-4H3,(H,28,31)(H,29,30)(H,32,33);5-7,12H,4H2,1-3H3;3-5H,1-2H3,(H2,13,14,15);4-6H,3,7H2,1-2H3. The summed E-state index contributed by atoms with van der Waals surface area (Å²) < 4.78 is 15.4. The highest BCUT2D eigenvalue weighted by atomic mass is 35.5. The summed E-state index contributed by atoms with van der Waals surface area (Å²) >= 11 is 30.8. The Labute approximate surface area is 490 Å². The van der Waals surface area contributed by atoms with Gasteiger partial charge < -0.3 is 29.7 Å². The highest BCUT2D eigenvalue weighted by Gasteiger charge is 2.29. The van der Waals surface area contributed by atoms with Gasteiger partial charge in [-0.3, -0.25) is 39.0 Å². The van der Waals surface area contributed by atoms with Gasteiger partial charge in [-0.2, -0.15) is 0 Å². The number of carbonyl (C=O) groups is 5. The molecular weight excluding hydrogens is 1130 g/mol. The third kappa shape index (κ3) is 18.9. The number of anilines is 1.